The second-order valence-electron chi connectivity index (χ2n) is 1.49. The Balaban J connectivity index is 3.31. The lowest BCUT2D eigenvalue weighted by molar-refractivity contribution is -0.139. The Kier molecular flexibility index (Phi) is 5.23. The standard InChI is InChI=1S/C5H8N2O3/c6-7-4-5(9)10-3-1-2-8/h4,8H,1-3H2. The number of aliphatic hydroxyl groups excluding tert-OH is 1. The lowest BCUT2D eigenvalue weighted by Gasteiger charge is -1.94. The second-order valence-corrected chi connectivity index (χ2v) is 1.49. The zero-order valence-electron chi connectivity index (χ0n) is 5.36. The van der Waals surface area contributed by atoms with Crippen molar-refractivity contribution in [2.24, 2.45) is 0 Å². The van der Waals surface area contributed by atoms with Crippen LogP contribution >= 0.6 is 0 Å². The summed E-state index contributed by atoms with van der Waals surface area (Å²) in [4.78, 5) is 12.8. The molecule has 0 spiro atoms. The van der Waals surface area contributed by atoms with E-state index in [4.69, 9.17) is 10.6 Å². The topological polar surface area (TPSA) is 82.9 Å². The van der Waals surface area contributed by atoms with Crippen LogP contribution in [-0.4, -0.2) is 35.3 Å². The van der Waals surface area contributed by atoms with E-state index in [2.05, 4.69) is 9.53 Å². The fraction of sp³-hybridized carbons (Fsp3) is 0.600. The maximum absolute atomic E-state index is 10.3. The molecule has 0 heterocycles. The van der Waals surface area contributed by atoms with Gasteiger partial charge < -0.3 is 15.4 Å². The van der Waals surface area contributed by atoms with Crippen molar-refractivity contribution in [2.75, 3.05) is 13.2 Å². The van der Waals surface area contributed by atoms with Crippen LogP contribution in [0.2, 0.25) is 0 Å². The van der Waals surface area contributed by atoms with Crippen molar-refractivity contribution in [3.8, 4) is 0 Å². The van der Waals surface area contributed by atoms with Crippen LogP contribution in [0, 0.1) is 0 Å². The highest BCUT2D eigenvalue weighted by Crippen LogP contribution is 1.79. The van der Waals surface area contributed by atoms with Crippen LogP contribution in [0.4, 0.5) is 0 Å². The summed E-state index contributed by atoms with van der Waals surface area (Å²) >= 11 is 0. The van der Waals surface area contributed by atoms with Gasteiger partial charge >= 0.3 is 12.2 Å². The van der Waals surface area contributed by atoms with E-state index in [9.17, 15) is 4.79 Å². The Morgan fingerprint density at radius 1 is 1.80 bits per heavy atom. The highest BCUT2D eigenvalue weighted by atomic mass is 16.5. The van der Waals surface area contributed by atoms with E-state index < -0.39 is 5.97 Å². The third-order valence-corrected chi connectivity index (χ3v) is 0.710. The van der Waals surface area contributed by atoms with Crippen LogP contribution in [0.25, 0.3) is 5.53 Å². The van der Waals surface area contributed by atoms with Gasteiger partial charge in [-0.05, 0) is 0 Å². The highest BCUT2D eigenvalue weighted by Gasteiger charge is 2.00. The maximum Gasteiger partial charge on any atom is 0.413 e. The monoisotopic (exact) mass is 144 g/mol. The predicted octanol–water partition coefficient (Wildman–Crippen LogP) is -0.787. The average Bonchev–Trinajstić information content (AvgIpc) is 1.89. The van der Waals surface area contributed by atoms with Crippen molar-refractivity contribution in [3.05, 3.63) is 5.53 Å². The molecule has 56 valence electrons. The molecule has 1 N–H and O–H groups in total. The van der Waals surface area contributed by atoms with Crippen LogP contribution in [0.3, 0.4) is 0 Å². The zero-order chi connectivity index (χ0) is 7.82. The lowest BCUT2D eigenvalue weighted by atomic mass is 10.5. The fourth-order valence-electron chi connectivity index (χ4n) is 0.322. The van der Waals surface area contributed by atoms with Crippen LogP contribution in [-0.2, 0) is 9.53 Å². The van der Waals surface area contributed by atoms with E-state index in [1.807, 2.05) is 0 Å². The van der Waals surface area contributed by atoms with Gasteiger partial charge in [0.05, 0.1) is 6.61 Å². The van der Waals surface area contributed by atoms with Crippen molar-refractivity contribution in [1.82, 2.24) is 0 Å². The summed E-state index contributed by atoms with van der Waals surface area (Å²) in [5.41, 5.74) is 7.81. The second kappa shape index (κ2) is 5.94. The first-order chi connectivity index (χ1) is 4.81. The number of nitrogens with zero attached hydrogens (tertiary/aromatic N) is 2. The first-order valence-electron chi connectivity index (χ1n) is 2.76. The van der Waals surface area contributed by atoms with Crippen molar-refractivity contribution in [1.29, 1.82) is 0 Å². The molecule has 0 unspecified atom stereocenters. The molecular formula is C5H8N2O3. The summed E-state index contributed by atoms with van der Waals surface area (Å²) in [6, 6.07) is 0. The van der Waals surface area contributed by atoms with E-state index in [1.54, 1.807) is 0 Å². The van der Waals surface area contributed by atoms with Gasteiger partial charge in [-0.1, -0.05) is 0 Å². The Morgan fingerprint density at radius 3 is 3.00 bits per heavy atom. The van der Waals surface area contributed by atoms with Gasteiger partial charge in [0.1, 0.15) is 0 Å². The molecule has 5 nitrogen and oxygen atoms in total. The molecule has 0 aromatic heterocycles. The molecule has 0 amide bonds. The molecule has 0 aromatic rings. The van der Waals surface area contributed by atoms with Crippen molar-refractivity contribution >= 4 is 12.2 Å². The van der Waals surface area contributed by atoms with Gasteiger partial charge in [-0.2, -0.15) is 4.79 Å². The summed E-state index contributed by atoms with van der Waals surface area (Å²) in [5, 5.41) is 8.23. The molecule has 10 heavy (non-hydrogen) atoms. The molecule has 0 atom stereocenters. The van der Waals surface area contributed by atoms with Crippen LogP contribution in [0.5, 0.6) is 0 Å². The minimum atomic E-state index is -0.712. The number of hydrogen-bond donors (Lipinski definition) is 1. The molecule has 0 radical (unpaired) electrons. The van der Waals surface area contributed by atoms with Gasteiger partial charge in [0.2, 0.25) is 0 Å². The first kappa shape index (κ1) is 8.81. The predicted molar refractivity (Wildman–Crippen MR) is 32.3 cm³/mol. The Bertz CT molecular complexity index is 151. The third kappa shape index (κ3) is 4.96. The van der Waals surface area contributed by atoms with Crippen molar-refractivity contribution < 1.29 is 19.4 Å². The Labute approximate surface area is 57.9 Å². The number of ether oxygens (including phenoxy) is 1. The summed E-state index contributed by atoms with van der Waals surface area (Å²) in [6.45, 7) is 0.116. The van der Waals surface area contributed by atoms with Crippen LogP contribution in [0.1, 0.15) is 6.42 Å². The molecule has 0 aliphatic rings. The third-order valence-electron chi connectivity index (χ3n) is 0.710. The Morgan fingerprint density at radius 2 is 2.50 bits per heavy atom. The zero-order valence-corrected chi connectivity index (χ0v) is 5.36. The quantitative estimate of drug-likeness (QED) is 0.184. The molecule has 0 aromatic carbocycles. The summed E-state index contributed by atoms with van der Waals surface area (Å²) in [5.74, 6) is -0.712. The minimum absolute atomic E-state index is 0.0243. The number of carbonyl (C=O) groups is 1. The first-order valence-corrected chi connectivity index (χ1v) is 2.76. The van der Waals surface area contributed by atoms with Gasteiger partial charge in [0.25, 0.3) is 0 Å². The SMILES string of the molecule is [N-]=[N+]=CC(=O)OCCCO. The smallest absolute Gasteiger partial charge is 0.413 e. The number of aliphatic hydroxyl groups is 1. The van der Waals surface area contributed by atoms with E-state index in [-0.39, 0.29) is 13.2 Å². The van der Waals surface area contributed by atoms with Crippen molar-refractivity contribution in [2.45, 2.75) is 6.42 Å². The van der Waals surface area contributed by atoms with Gasteiger partial charge in [-0.3, -0.25) is 0 Å². The summed E-state index contributed by atoms with van der Waals surface area (Å²) < 4.78 is 4.41. The molecule has 0 fully saturated rings. The molecule has 5 heteroatoms. The maximum atomic E-state index is 10.3. The minimum Gasteiger partial charge on any atom is -0.457 e. The van der Waals surface area contributed by atoms with E-state index >= 15 is 0 Å². The van der Waals surface area contributed by atoms with E-state index in [0.29, 0.717) is 12.6 Å². The van der Waals surface area contributed by atoms with Gasteiger partial charge in [-0.15, -0.1) is 0 Å². The van der Waals surface area contributed by atoms with Gasteiger partial charge in [0.15, 0.2) is 0 Å². The number of hydrogen-bond acceptors (Lipinski definition) is 3. The fourth-order valence-corrected chi connectivity index (χ4v) is 0.322. The lowest BCUT2D eigenvalue weighted by Crippen LogP contribution is -2.08. The van der Waals surface area contributed by atoms with Crippen LogP contribution in [0.15, 0.2) is 0 Å². The van der Waals surface area contributed by atoms with Gasteiger partial charge in [0, 0.05) is 13.0 Å². The highest BCUT2D eigenvalue weighted by molar-refractivity contribution is 6.20. The normalized spacial score (nSPS) is 8.10. The van der Waals surface area contributed by atoms with Gasteiger partial charge in [-0.25, -0.2) is 4.79 Å². The van der Waals surface area contributed by atoms with Crippen LogP contribution < -0.4 is 0 Å². The summed E-state index contributed by atoms with van der Waals surface area (Å²) in [7, 11) is 0. The molecule has 0 saturated carbocycles. The van der Waals surface area contributed by atoms with Crippen molar-refractivity contribution in [3.63, 3.8) is 0 Å². The molecular weight excluding hydrogens is 136 g/mol. The molecule has 0 rings (SSSR count). The van der Waals surface area contributed by atoms with E-state index in [1.165, 1.54) is 0 Å². The molecule has 0 aliphatic carbocycles. The largest absolute Gasteiger partial charge is 0.457 e. The average molecular weight is 144 g/mol. The molecule has 0 aliphatic heterocycles. The number of rotatable bonds is 4. The summed E-state index contributed by atoms with van der Waals surface area (Å²) in [6.07, 6.45) is 1.04. The van der Waals surface area contributed by atoms with E-state index in [0.717, 1.165) is 0 Å². The molecule has 0 bridgehead atoms. The number of esters is 1. The Hall–Kier alpha value is -1.19. The molecule has 0 saturated heterocycles. The number of carbonyl (C=O) groups excluding carboxylic acids is 1.